The molecule has 1 saturated heterocycles. The summed E-state index contributed by atoms with van der Waals surface area (Å²) in [6.45, 7) is 1.78. The summed E-state index contributed by atoms with van der Waals surface area (Å²) in [7, 11) is -16.7. The summed E-state index contributed by atoms with van der Waals surface area (Å²) in [5, 5.41) is 35.1. The summed E-state index contributed by atoms with van der Waals surface area (Å²) in [6, 6.07) is 0. The number of phosphoric acid groups is 3. The molecule has 2 amide bonds. The molecule has 9 atom stereocenters. The molecule has 1 aliphatic rings. The molecule has 0 aromatic carbocycles. The number of phosphoric ester groups is 3. The van der Waals surface area contributed by atoms with Crippen molar-refractivity contribution in [2.24, 2.45) is 5.41 Å². The van der Waals surface area contributed by atoms with Gasteiger partial charge >= 0.3 is 34.5 Å². The van der Waals surface area contributed by atoms with Crippen molar-refractivity contribution in [3.63, 3.8) is 0 Å². The predicted molar refractivity (Wildman–Crippen MR) is 181 cm³/mol. The van der Waals surface area contributed by atoms with E-state index in [1.54, 1.807) is 0 Å². The number of aromatic nitrogens is 4. The fourth-order valence-corrected chi connectivity index (χ4v) is 8.20. The van der Waals surface area contributed by atoms with Crippen LogP contribution >= 0.6 is 35.2 Å². The number of aliphatic hydroxyl groups excluding tert-OH is 3. The third kappa shape index (κ3) is 15.4. The molecule has 0 radical (unpaired) electrons. The van der Waals surface area contributed by atoms with Gasteiger partial charge in [0, 0.05) is 37.1 Å². The molecule has 10 N–H and O–H groups in total. The Kier molecular flexibility index (Phi) is 18.5. The van der Waals surface area contributed by atoms with Crippen LogP contribution in [0.5, 0.6) is 0 Å². The van der Waals surface area contributed by atoms with Gasteiger partial charge in [0.05, 0.1) is 25.6 Å². The molecule has 25 nitrogen and oxygen atoms in total. The number of aliphatic hydroxyl groups is 3. The van der Waals surface area contributed by atoms with Gasteiger partial charge in [0.25, 0.3) is 7.82 Å². The number of thioether (sulfide) groups is 1. The third-order valence-corrected chi connectivity index (χ3v) is 11.2. The van der Waals surface area contributed by atoms with Crippen molar-refractivity contribution in [3.05, 3.63) is 12.7 Å². The Bertz CT molecular complexity index is 1790. The number of nitrogen functional groups attached to an aromatic ring is 1. The smallest absolute Gasteiger partial charge is 0.756 e. The zero-order valence-corrected chi connectivity index (χ0v) is 33.3. The van der Waals surface area contributed by atoms with Gasteiger partial charge in [0.2, 0.25) is 11.8 Å². The zero-order chi connectivity index (χ0) is 40.6. The van der Waals surface area contributed by atoms with Gasteiger partial charge in [-0.2, -0.15) is 4.31 Å². The number of imidazole rings is 1. The zero-order valence-electron chi connectivity index (χ0n) is 29.8. The average molecular weight is 860 g/mol. The van der Waals surface area contributed by atoms with E-state index in [1.165, 1.54) is 20.8 Å². The maximum Gasteiger partial charge on any atom is 1.00 e. The second-order valence-electron chi connectivity index (χ2n) is 12.3. The number of fused-ring (bicyclic) bond motifs is 1. The van der Waals surface area contributed by atoms with Crippen LogP contribution in [0, 0.1) is 5.41 Å². The first-order chi connectivity index (χ1) is 24.9. The number of anilines is 1. The number of carbonyl (C=O) groups excluding carboxylic acids is 3. The number of nitrogens with one attached hydrogen (secondary N) is 2. The number of rotatable bonds is 21. The Hall–Kier alpha value is -1.88. The molecule has 5 unspecified atom stereocenters. The number of carbonyl (C=O) groups is 3. The molecule has 306 valence electrons. The van der Waals surface area contributed by atoms with Crippen LogP contribution in [-0.4, -0.2) is 129 Å². The third-order valence-electron chi connectivity index (χ3n) is 7.22. The Morgan fingerprint density at radius 2 is 1.75 bits per heavy atom. The largest absolute Gasteiger partial charge is 1.00 e. The molecule has 1 aliphatic heterocycles. The monoisotopic (exact) mass is 859 g/mol. The van der Waals surface area contributed by atoms with Crippen molar-refractivity contribution in [1.82, 2.24) is 30.2 Å². The molecule has 2 aromatic heterocycles. The summed E-state index contributed by atoms with van der Waals surface area (Å²) in [5.74, 6) is -1.27. The Morgan fingerprint density at radius 1 is 1.09 bits per heavy atom. The first-order valence-electron chi connectivity index (χ1n) is 15.6. The standard InChI is InChI=1S/C25H42N7O18P3S.Li/c1-13(33)8-16(35)54-7-6-27-15(34)4-5-28-23(38)20(37)25(2,3)10-47-53(44,45)50-52(42,43)46-9-14-19(49-51(39,40)41)18(36)24(48-14)32-12-31-17-21(26)29-11-30-22(17)32;/h11-14,18-20,24,33,36-37H,4-10H2,1-3H3,(H,27,34)(H,28,38)(H,42,43)(H,44,45)(H2,26,29,30)(H2,39,40,41);/q;+1/p-1/t13?,14-,18-,19-,20?,24-;/m1./s1. The van der Waals surface area contributed by atoms with Gasteiger partial charge < -0.3 is 60.5 Å². The van der Waals surface area contributed by atoms with E-state index in [-0.39, 0.29) is 72.6 Å². The number of ether oxygens (including phenoxy) is 1. The van der Waals surface area contributed by atoms with Gasteiger partial charge in [-0.1, -0.05) is 25.6 Å². The molecule has 55 heavy (non-hydrogen) atoms. The van der Waals surface area contributed by atoms with Crippen LogP contribution in [0.4, 0.5) is 5.82 Å². The van der Waals surface area contributed by atoms with Gasteiger partial charge in [0.1, 0.15) is 36.3 Å². The fraction of sp³-hybridized carbons (Fsp3) is 0.680. The second-order valence-corrected chi connectivity index (χ2v) is 17.7. The summed E-state index contributed by atoms with van der Waals surface area (Å²) in [6.07, 6.45) is -8.00. The summed E-state index contributed by atoms with van der Waals surface area (Å²) >= 11 is 0.937. The Morgan fingerprint density at radius 3 is 2.38 bits per heavy atom. The minimum Gasteiger partial charge on any atom is -0.756 e. The maximum atomic E-state index is 12.6. The summed E-state index contributed by atoms with van der Waals surface area (Å²) in [5.41, 5.74) is 4.19. The molecular formula is C25H41LiN7O18P3S. The first kappa shape index (κ1) is 49.3. The number of hydrogen-bond acceptors (Lipinski definition) is 20. The number of hydrogen-bond donors (Lipinski definition) is 9. The van der Waals surface area contributed by atoms with Crippen molar-refractivity contribution in [1.29, 1.82) is 0 Å². The van der Waals surface area contributed by atoms with E-state index in [9.17, 15) is 63.0 Å². The topological polar surface area (TPSA) is 387 Å². The first-order valence-corrected chi connectivity index (χ1v) is 21.1. The van der Waals surface area contributed by atoms with E-state index >= 15 is 0 Å². The molecular weight excluding hydrogens is 818 g/mol. The maximum absolute atomic E-state index is 12.6. The van der Waals surface area contributed by atoms with Crippen LogP contribution in [0.2, 0.25) is 0 Å². The molecule has 0 bridgehead atoms. The minimum atomic E-state index is -5.59. The molecule has 0 aliphatic carbocycles. The van der Waals surface area contributed by atoms with Crippen LogP contribution < -0.4 is 40.1 Å². The van der Waals surface area contributed by atoms with E-state index in [1.807, 2.05) is 0 Å². The quantitative estimate of drug-likeness (QED) is 0.0322. The van der Waals surface area contributed by atoms with E-state index in [4.69, 9.17) is 19.5 Å². The molecule has 3 rings (SSSR count). The fourth-order valence-electron chi connectivity index (χ4n) is 4.59. The molecule has 2 aromatic rings. The van der Waals surface area contributed by atoms with E-state index in [0.29, 0.717) is 0 Å². The van der Waals surface area contributed by atoms with E-state index in [0.717, 1.165) is 29.0 Å². The second kappa shape index (κ2) is 20.7. The number of nitrogens with two attached hydrogens (primary N) is 1. The van der Waals surface area contributed by atoms with Crippen LogP contribution in [-0.2, 0) is 50.7 Å². The average Bonchev–Trinajstić information content (AvgIpc) is 3.60. The van der Waals surface area contributed by atoms with Crippen LogP contribution in [0.25, 0.3) is 11.2 Å². The van der Waals surface area contributed by atoms with Gasteiger partial charge in [-0.15, -0.1) is 0 Å². The molecule has 0 spiro atoms. The van der Waals surface area contributed by atoms with Crippen molar-refractivity contribution < 1.29 is 104 Å². The summed E-state index contributed by atoms with van der Waals surface area (Å²) < 4.78 is 61.6. The normalized spacial score (nSPS) is 23.1. The van der Waals surface area contributed by atoms with Gasteiger partial charge in [-0.05, 0) is 6.92 Å². The van der Waals surface area contributed by atoms with Crippen LogP contribution in [0.3, 0.4) is 0 Å². The Balaban J connectivity index is 0.0000105. The molecule has 0 saturated carbocycles. The number of nitrogens with zero attached hydrogens (tertiary/aromatic N) is 4. The van der Waals surface area contributed by atoms with Crippen molar-refractivity contribution in [2.75, 3.05) is 37.8 Å². The van der Waals surface area contributed by atoms with Crippen molar-refractivity contribution in [2.45, 2.75) is 70.4 Å². The summed E-state index contributed by atoms with van der Waals surface area (Å²) in [4.78, 5) is 88.8. The minimum absolute atomic E-state index is 0. The number of amides is 2. The van der Waals surface area contributed by atoms with Gasteiger partial charge in [-0.25, -0.2) is 24.1 Å². The van der Waals surface area contributed by atoms with E-state index < -0.39 is 90.7 Å². The molecule has 1 fully saturated rings. The molecule has 3 heterocycles. The molecule has 30 heteroatoms. The van der Waals surface area contributed by atoms with Gasteiger partial charge in [0.15, 0.2) is 22.8 Å². The van der Waals surface area contributed by atoms with Crippen molar-refractivity contribution in [3.8, 4) is 0 Å². The van der Waals surface area contributed by atoms with Gasteiger partial charge in [-0.3, -0.25) is 32.6 Å². The van der Waals surface area contributed by atoms with Crippen LogP contribution in [0.15, 0.2) is 12.7 Å². The Labute approximate surface area is 329 Å². The SMILES string of the molecule is CC(O)CC(=O)SCCNC(=O)CCNC(=O)C(O)C(C)(C)COP(=O)(O)OP(=O)(O)OC[C@H]1O[C@@H](n2cnc3c(N)ncnc32)[C@H](O)[C@@H]1OP(=O)([O-])O.[Li+]. The van der Waals surface area contributed by atoms with E-state index in [2.05, 4.69) is 34.4 Å². The van der Waals surface area contributed by atoms with Crippen molar-refractivity contribution >= 4 is 69.1 Å². The van der Waals surface area contributed by atoms with Crippen LogP contribution in [0.1, 0.15) is 39.8 Å². The predicted octanol–water partition coefficient (Wildman–Crippen LogP) is -5.19.